The number of rotatable bonds is 7. The van der Waals surface area contributed by atoms with E-state index in [9.17, 15) is 13.2 Å². The lowest BCUT2D eigenvalue weighted by Gasteiger charge is -2.31. The molecule has 0 aromatic heterocycles. The Balaban J connectivity index is 1.52. The fourth-order valence-electron chi connectivity index (χ4n) is 4.14. The molecular formula is C21H33N3O3S. The second-order valence-corrected chi connectivity index (χ2v) is 10.2. The van der Waals surface area contributed by atoms with Crippen molar-refractivity contribution in [1.82, 2.24) is 14.5 Å². The number of hydrogen-bond donors (Lipinski definition) is 1. The van der Waals surface area contributed by atoms with Crippen LogP contribution in [0.15, 0.2) is 24.3 Å². The topological polar surface area (TPSA) is 69.7 Å². The highest BCUT2D eigenvalue weighted by Gasteiger charge is 2.31. The molecule has 1 amide bonds. The molecule has 1 aromatic rings. The first-order valence-electron chi connectivity index (χ1n) is 10.5. The maximum atomic E-state index is 12.6. The summed E-state index contributed by atoms with van der Waals surface area (Å²) < 4.78 is 25.7. The van der Waals surface area contributed by atoms with Gasteiger partial charge in [0, 0.05) is 26.2 Å². The van der Waals surface area contributed by atoms with Crippen LogP contribution in [0.3, 0.4) is 0 Å². The highest BCUT2D eigenvalue weighted by Crippen LogP contribution is 2.20. The van der Waals surface area contributed by atoms with Gasteiger partial charge in [0.2, 0.25) is 15.9 Å². The smallest absolute Gasteiger partial charge is 0.224 e. The van der Waals surface area contributed by atoms with Crippen LogP contribution in [0.1, 0.15) is 50.2 Å². The first-order valence-corrected chi connectivity index (χ1v) is 12.1. The number of benzene rings is 1. The molecule has 7 heteroatoms. The normalized spacial score (nSPS) is 22.1. The molecule has 28 heavy (non-hydrogen) atoms. The summed E-state index contributed by atoms with van der Waals surface area (Å²) in [6.45, 7) is 6.27. The van der Waals surface area contributed by atoms with Crippen molar-refractivity contribution in [2.24, 2.45) is 5.92 Å². The highest BCUT2D eigenvalue weighted by atomic mass is 32.2. The predicted octanol–water partition coefficient (Wildman–Crippen LogP) is 2.35. The van der Waals surface area contributed by atoms with E-state index in [0.29, 0.717) is 19.6 Å². The van der Waals surface area contributed by atoms with Crippen LogP contribution in [-0.2, 0) is 27.9 Å². The Morgan fingerprint density at radius 2 is 1.86 bits per heavy atom. The van der Waals surface area contributed by atoms with Gasteiger partial charge < -0.3 is 5.32 Å². The Hall–Kier alpha value is -1.44. The van der Waals surface area contributed by atoms with E-state index in [4.69, 9.17) is 0 Å². The molecule has 156 valence electrons. The number of nitrogens with zero attached hydrogens (tertiary/aromatic N) is 2. The number of hydrogen-bond acceptors (Lipinski definition) is 4. The lowest BCUT2D eigenvalue weighted by atomic mass is 9.98. The monoisotopic (exact) mass is 407 g/mol. The average Bonchev–Trinajstić information content (AvgIpc) is 2.73. The Morgan fingerprint density at radius 1 is 1.11 bits per heavy atom. The Bertz CT molecular complexity index is 760. The van der Waals surface area contributed by atoms with Crippen LogP contribution in [0.5, 0.6) is 0 Å². The third-order valence-electron chi connectivity index (χ3n) is 5.83. The van der Waals surface area contributed by atoms with Gasteiger partial charge in [-0.25, -0.2) is 12.7 Å². The Kier molecular flexibility index (Phi) is 7.48. The van der Waals surface area contributed by atoms with Gasteiger partial charge in [0.25, 0.3) is 0 Å². The maximum Gasteiger partial charge on any atom is 0.224 e. The summed E-state index contributed by atoms with van der Waals surface area (Å²) in [7, 11) is -3.23. The minimum atomic E-state index is -3.23. The fraction of sp³-hybridized carbons (Fsp3) is 0.667. The SMILES string of the molecule is CCS(=O)(=O)N1CCCC(C(=O)NCc2cccc(CN3CCCCC3)c2)C1. The van der Waals surface area contributed by atoms with Crippen LogP contribution < -0.4 is 5.32 Å². The lowest BCUT2D eigenvalue weighted by molar-refractivity contribution is -0.126. The van der Waals surface area contributed by atoms with Crippen LogP contribution in [-0.4, -0.2) is 55.5 Å². The maximum absolute atomic E-state index is 12.6. The highest BCUT2D eigenvalue weighted by molar-refractivity contribution is 7.89. The molecular weight excluding hydrogens is 374 g/mol. The second-order valence-electron chi connectivity index (χ2n) is 7.97. The van der Waals surface area contributed by atoms with Gasteiger partial charge in [0.05, 0.1) is 11.7 Å². The summed E-state index contributed by atoms with van der Waals surface area (Å²) >= 11 is 0. The quantitative estimate of drug-likeness (QED) is 0.753. The number of nitrogens with one attached hydrogen (secondary N) is 1. The largest absolute Gasteiger partial charge is 0.352 e. The molecule has 1 N–H and O–H groups in total. The second kappa shape index (κ2) is 9.85. The zero-order valence-electron chi connectivity index (χ0n) is 16.9. The summed E-state index contributed by atoms with van der Waals surface area (Å²) in [5, 5.41) is 3.02. The first kappa shape index (κ1) is 21.3. The summed E-state index contributed by atoms with van der Waals surface area (Å²) in [5.74, 6) is -0.213. The summed E-state index contributed by atoms with van der Waals surface area (Å²) in [5.41, 5.74) is 2.38. The molecule has 1 atom stereocenters. The van der Waals surface area contributed by atoms with Gasteiger partial charge in [0.15, 0.2) is 0 Å². The minimum Gasteiger partial charge on any atom is -0.352 e. The van der Waals surface area contributed by atoms with Crippen molar-refractivity contribution in [2.45, 2.75) is 52.1 Å². The Labute approximate surface area is 169 Å². The van der Waals surface area contributed by atoms with E-state index in [2.05, 4.69) is 28.4 Å². The van der Waals surface area contributed by atoms with Gasteiger partial charge in [0.1, 0.15) is 0 Å². The molecule has 1 unspecified atom stereocenters. The third-order valence-corrected chi connectivity index (χ3v) is 7.67. The van der Waals surface area contributed by atoms with Gasteiger partial charge in [-0.3, -0.25) is 9.69 Å². The standard InChI is InChI=1S/C21H33N3O3S/c1-2-28(26,27)24-13-7-10-20(17-24)21(25)22-15-18-8-6-9-19(14-18)16-23-11-4-3-5-12-23/h6,8-9,14,20H,2-5,7,10-13,15-17H2,1H3,(H,22,25). The molecule has 3 rings (SSSR count). The average molecular weight is 408 g/mol. The van der Waals surface area contributed by atoms with Crippen LogP contribution in [0.4, 0.5) is 0 Å². The Morgan fingerprint density at radius 3 is 2.61 bits per heavy atom. The molecule has 2 heterocycles. The number of amides is 1. The van der Waals surface area contributed by atoms with Crippen LogP contribution in [0.25, 0.3) is 0 Å². The zero-order valence-corrected chi connectivity index (χ0v) is 17.7. The first-order chi connectivity index (χ1) is 13.5. The number of piperidine rings is 2. The van der Waals surface area contributed by atoms with E-state index in [1.54, 1.807) is 6.92 Å². The van der Waals surface area contributed by atoms with Crippen molar-refractivity contribution in [3.63, 3.8) is 0 Å². The lowest BCUT2D eigenvalue weighted by Crippen LogP contribution is -2.45. The van der Waals surface area contributed by atoms with E-state index >= 15 is 0 Å². The minimum absolute atomic E-state index is 0.0440. The van der Waals surface area contributed by atoms with Gasteiger partial charge in [-0.2, -0.15) is 0 Å². The predicted molar refractivity (Wildman–Crippen MR) is 111 cm³/mol. The van der Waals surface area contributed by atoms with Crippen LogP contribution >= 0.6 is 0 Å². The van der Waals surface area contributed by atoms with Gasteiger partial charge in [-0.05, 0) is 56.8 Å². The summed E-state index contributed by atoms with van der Waals surface area (Å²) in [6, 6.07) is 8.41. The summed E-state index contributed by atoms with van der Waals surface area (Å²) in [4.78, 5) is 15.1. The molecule has 2 saturated heterocycles. The molecule has 0 bridgehead atoms. The molecule has 2 fully saturated rings. The van der Waals surface area contributed by atoms with Crippen molar-refractivity contribution in [3.05, 3.63) is 35.4 Å². The van der Waals surface area contributed by atoms with Crippen molar-refractivity contribution in [3.8, 4) is 0 Å². The van der Waals surface area contributed by atoms with Gasteiger partial charge >= 0.3 is 0 Å². The molecule has 0 radical (unpaired) electrons. The van der Waals surface area contributed by atoms with Crippen LogP contribution in [0, 0.1) is 5.92 Å². The van der Waals surface area contributed by atoms with E-state index in [1.807, 2.05) is 6.07 Å². The van der Waals surface area contributed by atoms with E-state index in [1.165, 1.54) is 42.2 Å². The molecule has 0 saturated carbocycles. The number of sulfonamides is 1. The summed E-state index contributed by atoms with van der Waals surface area (Å²) in [6.07, 6.45) is 5.38. The fourth-order valence-corrected chi connectivity index (χ4v) is 5.32. The van der Waals surface area contributed by atoms with Gasteiger partial charge in [-0.1, -0.05) is 30.7 Å². The van der Waals surface area contributed by atoms with Crippen molar-refractivity contribution in [1.29, 1.82) is 0 Å². The third kappa shape index (κ3) is 5.78. The van der Waals surface area contributed by atoms with Crippen LogP contribution in [0.2, 0.25) is 0 Å². The van der Waals surface area contributed by atoms with E-state index < -0.39 is 10.0 Å². The molecule has 0 spiro atoms. The molecule has 1 aromatic carbocycles. The van der Waals surface area contributed by atoms with Crippen molar-refractivity contribution < 1.29 is 13.2 Å². The van der Waals surface area contributed by atoms with E-state index in [-0.39, 0.29) is 17.6 Å². The van der Waals surface area contributed by atoms with Gasteiger partial charge in [-0.15, -0.1) is 0 Å². The van der Waals surface area contributed by atoms with Crippen molar-refractivity contribution in [2.75, 3.05) is 31.9 Å². The molecule has 2 aliphatic heterocycles. The number of carbonyl (C=O) groups is 1. The zero-order chi connectivity index (χ0) is 20.0. The number of likely N-dealkylation sites (tertiary alicyclic amines) is 1. The van der Waals surface area contributed by atoms with Crippen molar-refractivity contribution >= 4 is 15.9 Å². The number of carbonyl (C=O) groups excluding carboxylic acids is 1. The van der Waals surface area contributed by atoms with E-state index in [0.717, 1.165) is 24.9 Å². The molecule has 0 aliphatic carbocycles. The molecule has 6 nitrogen and oxygen atoms in total. The molecule has 2 aliphatic rings.